The van der Waals surface area contributed by atoms with Gasteiger partial charge in [-0.2, -0.15) is 11.8 Å². The lowest BCUT2D eigenvalue weighted by molar-refractivity contribution is 0.0959. The van der Waals surface area contributed by atoms with E-state index in [4.69, 9.17) is 9.47 Å². The molecule has 0 atom stereocenters. The molecule has 0 spiro atoms. The molecule has 1 aliphatic heterocycles. The third-order valence-corrected chi connectivity index (χ3v) is 6.23. The van der Waals surface area contributed by atoms with Gasteiger partial charge < -0.3 is 20.1 Å². The van der Waals surface area contributed by atoms with Crippen LogP contribution in [0.3, 0.4) is 0 Å². The zero-order chi connectivity index (χ0) is 19.5. The molecular weight excluding hydrogens is 396 g/mol. The van der Waals surface area contributed by atoms with Gasteiger partial charge in [-0.3, -0.25) is 4.79 Å². The zero-order valence-corrected chi connectivity index (χ0v) is 17.2. The predicted octanol–water partition coefficient (Wildman–Crippen LogP) is 3.43. The number of fused-ring (bicyclic) bond motifs is 2. The van der Waals surface area contributed by atoms with Crippen LogP contribution in [0.25, 0.3) is 10.2 Å². The van der Waals surface area contributed by atoms with Crippen molar-refractivity contribution in [2.75, 3.05) is 30.7 Å². The fraction of sp³-hybridized carbons (Fsp3) is 0.316. The Morgan fingerprint density at radius 2 is 2.14 bits per heavy atom. The predicted molar refractivity (Wildman–Crippen MR) is 113 cm³/mol. The molecule has 28 heavy (non-hydrogen) atoms. The molecule has 1 aliphatic rings. The fourth-order valence-electron chi connectivity index (χ4n) is 3.01. The van der Waals surface area contributed by atoms with Gasteiger partial charge in [-0.25, -0.2) is 9.97 Å². The molecule has 2 aromatic heterocycles. The van der Waals surface area contributed by atoms with E-state index in [0.29, 0.717) is 18.0 Å². The molecule has 3 aromatic rings. The van der Waals surface area contributed by atoms with Crippen molar-refractivity contribution in [2.45, 2.75) is 13.5 Å². The van der Waals surface area contributed by atoms with Crippen molar-refractivity contribution in [2.24, 2.45) is 0 Å². The summed E-state index contributed by atoms with van der Waals surface area (Å²) in [6.07, 6.45) is 3.54. The lowest BCUT2D eigenvalue weighted by Gasteiger charge is -2.08. The summed E-state index contributed by atoms with van der Waals surface area (Å²) in [5, 5.41) is 7.22. The van der Waals surface area contributed by atoms with Crippen LogP contribution in [0.15, 0.2) is 24.5 Å². The highest BCUT2D eigenvalue weighted by Gasteiger charge is 2.19. The number of ether oxygens (including phenoxy) is 2. The Hall–Kier alpha value is -2.52. The number of amides is 1. The molecular formula is C19H20N4O3S2. The number of anilines is 1. The Bertz CT molecular complexity index is 1020. The van der Waals surface area contributed by atoms with Gasteiger partial charge in [0.25, 0.3) is 5.91 Å². The van der Waals surface area contributed by atoms with E-state index in [2.05, 4.69) is 20.6 Å². The van der Waals surface area contributed by atoms with Crippen LogP contribution in [0.5, 0.6) is 11.5 Å². The standard InChI is InChI=1S/C19H20N4O3S2/c1-11-15-17(21-8-12-3-4-13-14(7-12)26-10-25-13)22-9-23-19(15)28-16(11)18(24)20-5-6-27-2/h3-4,7,9H,5-6,8,10H2,1-2H3,(H,20,24)(H,21,22,23). The molecule has 2 N–H and O–H groups in total. The van der Waals surface area contributed by atoms with E-state index in [9.17, 15) is 4.79 Å². The van der Waals surface area contributed by atoms with Gasteiger partial charge in [0.15, 0.2) is 11.5 Å². The van der Waals surface area contributed by atoms with E-state index >= 15 is 0 Å². The molecule has 0 unspecified atom stereocenters. The van der Waals surface area contributed by atoms with Crippen molar-refractivity contribution >= 4 is 45.0 Å². The third-order valence-electron chi connectivity index (χ3n) is 4.42. The highest BCUT2D eigenvalue weighted by atomic mass is 32.2. The quantitative estimate of drug-likeness (QED) is 0.571. The number of carbonyl (C=O) groups excluding carboxylic acids is 1. The van der Waals surface area contributed by atoms with Crippen molar-refractivity contribution in [3.63, 3.8) is 0 Å². The number of aromatic nitrogens is 2. The van der Waals surface area contributed by atoms with Gasteiger partial charge in [-0.05, 0) is 36.4 Å². The van der Waals surface area contributed by atoms with E-state index in [1.54, 1.807) is 11.8 Å². The van der Waals surface area contributed by atoms with E-state index in [1.165, 1.54) is 17.7 Å². The van der Waals surface area contributed by atoms with Crippen molar-refractivity contribution in [1.29, 1.82) is 0 Å². The monoisotopic (exact) mass is 416 g/mol. The molecule has 0 saturated heterocycles. The topological polar surface area (TPSA) is 85.4 Å². The van der Waals surface area contributed by atoms with Crippen LogP contribution in [-0.4, -0.2) is 41.2 Å². The summed E-state index contributed by atoms with van der Waals surface area (Å²) >= 11 is 3.10. The minimum atomic E-state index is -0.0590. The number of nitrogens with one attached hydrogen (secondary N) is 2. The maximum absolute atomic E-state index is 12.5. The average molecular weight is 417 g/mol. The van der Waals surface area contributed by atoms with Crippen molar-refractivity contribution in [3.8, 4) is 11.5 Å². The normalized spacial score (nSPS) is 12.4. The summed E-state index contributed by atoms with van der Waals surface area (Å²) in [5.41, 5.74) is 1.95. The molecule has 1 aromatic carbocycles. The van der Waals surface area contributed by atoms with Gasteiger partial charge >= 0.3 is 0 Å². The fourth-order valence-corrected chi connectivity index (χ4v) is 4.38. The lowest BCUT2D eigenvalue weighted by atomic mass is 10.1. The molecule has 0 aliphatic carbocycles. The largest absolute Gasteiger partial charge is 0.454 e. The molecule has 3 heterocycles. The SMILES string of the molecule is CSCCNC(=O)c1sc2ncnc(NCc3ccc4c(c3)OCO4)c2c1C. The molecule has 4 rings (SSSR count). The summed E-state index contributed by atoms with van der Waals surface area (Å²) in [6.45, 7) is 3.42. The van der Waals surface area contributed by atoms with Gasteiger partial charge in [-0.1, -0.05) is 6.07 Å². The van der Waals surface area contributed by atoms with Crippen LogP contribution in [0.1, 0.15) is 20.8 Å². The number of rotatable bonds is 7. The van der Waals surface area contributed by atoms with E-state index in [1.807, 2.05) is 31.4 Å². The molecule has 9 heteroatoms. The Morgan fingerprint density at radius 1 is 1.29 bits per heavy atom. The Labute approximate surface area is 170 Å². The molecule has 0 fully saturated rings. The van der Waals surface area contributed by atoms with Gasteiger partial charge in [-0.15, -0.1) is 11.3 Å². The van der Waals surface area contributed by atoms with E-state index in [-0.39, 0.29) is 12.7 Å². The number of carbonyl (C=O) groups is 1. The Kier molecular flexibility index (Phi) is 5.54. The molecule has 0 saturated carbocycles. The van der Waals surface area contributed by atoms with Gasteiger partial charge in [0.2, 0.25) is 6.79 Å². The van der Waals surface area contributed by atoms with Gasteiger partial charge in [0, 0.05) is 18.8 Å². The van der Waals surface area contributed by atoms with Crippen LogP contribution >= 0.6 is 23.1 Å². The minimum absolute atomic E-state index is 0.0590. The summed E-state index contributed by atoms with van der Waals surface area (Å²) in [4.78, 5) is 22.7. The maximum atomic E-state index is 12.5. The van der Waals surface area contributed by atoms with Crippen LogP contribution in [0, 0.1) is 6.92 Å². The van der Waals surface area contributed by atoms with Gasteiger partial charge in [0.05, 0.1) is 10.3 Å². The number of thioether (sulfide) groups is 1. The Morgan fingerprint density at radius 3 is 3.00 bits per heavy atom. The van der Waals surface area contributed by atoms with Crippen LogP contribution < -0.4 is 20.1 Å². The Balaban J connectivity index is 1.55. The van der Waals surface area contributed by atoms with Crippen molar-refractivity contribution < 1.29 is 14.3 Å². The zero-order valence-electron chi connectivity index (χ0n) is 15.6. The summed E-state index contributed by atoms with van der Waals surface area (Å²) < 4.78 is 10.8. The molecule has 0 radical (unpaired) electrons. The third kappa shape index (κ3) is 3.72. The van der Waals surface area contributed by atoms with Crippen LogP contribution in [0.2, 0.25) is 0 Å². The van der Waals surface area contributed by atoms with Gasteiger partial charge in [0.1, 0.15) is 17.0 Å². The second-order valence-corrected chi connectivity index (χ2v) is 8.23. The first-order valence-corrected chi connectivity index (χ1v) is 11.0. The summed E-state index contributed by atoms with van der Waals surface area (Å²) in [6, 6.07) is 5.85. The summed E-state index contributed by atoms with van der Waals surface area (Å²) in [7, 11) is 0. The lowest BCUT2D eigenvalue weighted by Crippen LogP contribution is -2.25. The molecule has 0 bridgehead atoms. The molecule has 7 nitrogen and oxygen atoms in total. The first-order chi connectivity index (χ1) is 13.7. The highest BCUT2D eigenvalue weighted by Crippen LogP contribution is 2.35. The number of hydrogen-bond donors (Lipinski definition) is 2. The van der Waals surface area contributed by atoms with Crippen molar-refractivity contribution in [1.82, 2.24) is 15.3 Å². The molecule has 1 amide bonds. The van der Waals surface area contributed by atoms with E-state index < -0.39 is 0 Å². The maximum Gasteiger partial charge on any atom is 0.261 e. The van der Waals surface area contributed by atoms with E-state index in [0.717, 1.165) is 44.4 Å². The number of benzene rings is 1. The first-order valence-electron chi connectivity index (χ1n) is 8.81. The number of thiophene rings is 1. The highest BCUT2D eigenvalue weighted by molar-refractivity contribution is 7.98. The van der Waals surface area contributed by atoms with Crippen LogP contribution in [-0.2, 0) is 6.54 Å². The number of hydrogen-bond acceptors (Lipinski definition) is 8. The second-order valence-electron chi connectivity index (χ2n) is 6.25. The average Bonchev–Trinajstić information content (AvgIpc) is 3.31. The first kappa shape index (κ1) is 18.8. The smallest absolute Gasteiger partial charge is 0.261 e. The second kappa shape index (κ2) is 8.24. The minimum Gasteiger partial charge on any atom is -0.454 e. The number of aryl methyl sites for hydroxylation is 1. The summed E-state index contributed by atoms with van der Waals surface area (Å²) in [5.74, 6) is 3.07. The number of nitrogens with zero attached hydrogens (tertiary/aromatic N) is 2. The van der Waals surface area contributed by atoms with Crippen LogP contribution in [0.4, 0.5) is 5.82 Å². The molecule has 146 valence electrons. The van der Waals surface area contributed by atoms with Crippen molar-refractivity contribution in [3.05, 3.63) is 40.5 Å².